The number of amides is 1. The molecule has 31 heavy (non-hydrogen) atoms. The van der Waals surface area contributed by atoms with Crippen molar-refractivity contribution in [3.05, 3.63) is 28.0 Å². The van der Waals surface area contributed by atoms with Gasteiger partial charge in [-0.15, -0.1) is 0 Å². The largest absolute Gasteiger partial charge is 0.461 e. The minimum Gasteiger partial charge on any atom is -0.461 e. The molecule has 1 aliphatic carbocycles. The maximum atomic E-state index is 12.6. The summed E-state index contributed by atoms with van der Waals surface area (Å²) in [4.78, 5) is 48.5. The van der Waals surface area contributed by atoms with Crippen molar-refractivity contribution in [1.82, 2.24) is 9.88 Å². The first-order valence-electron chi connectivity index (χ1n) is 10.3. The van der Waals surface area contributed by atoms with E-state index < -0.39 is 29.3 Å². The number of nitrogens with one attached hydrogen (secondary N) is 1. The van der Waals surface area contributed by atoms with Crippen molar-refractivity contribution in [2.45, 2.75) is 77.9 Å². The molecule has 1 aromatic rings. The monoisotopic (exact) mass is 437 g/mol. The summed E-state index contributed by atoms with van der Waals surface area (Å²) in [7, 11) is 0. The molecular formula is C21H31N3O7. The molecule has 10 nitrogen and oxygen atoms in total. The van der Waals surface area contributed by atoms with Crippen molar-refractivity contribution >= 4 is 23.7 Å². The van der Waals surface area contributed by atoms with Gasteiger partial charge in [0.1, 0.15) is 24.3 Å². The van der Waals surface area contributed by atoms with Crippen LogP contribution in [-0.4, -0.2) is 46.8 Å². The Kier molecular flexibility index (Phi) is 8.21. The molecule has 1 fully saturated rings. The lowest BCUT2D eigenvalue weighted by molar-refractivity contribution is -0.153. The summed E-state index contributed by atoms with van der Waals surface area (Å²) >= 11 is 0. The second-order valence-electron chi connectivity index (χ2n) is 8.50. The lowest BCUT2D eigenvalue weighted by Crippen LogP contribution is -2.47. The first-order chi connectivity index (χ1) is 14.5. The fourth-order valence-electron chi connectivity index (χ4n) is 3.16. The minimum absolute atomic E-state index is 0.0369. The first-order valence-corrected chi connectivity index (χ1v) is 10.3. The van der Waals surface area contributed by atoms with Gasteiger partial charge in [0.25, 0.3) is 5.56 Å². The zero-order valence-electron chi connectivity index (χ0n) is 18.4. The van der Waals surface area contributed by atoms with Crippen LogP contribution in [0.1, 0.15) is 63.7 Å². The Balaban J connectivity index is 2.07. The number of nitrogens with two attached hydrogens (primary N) is 1. The summed E-state index contributed by atoms with van der Waals surface area (Å²) in [5.74, 6) is -0.975. The highest BCUT2D eigenvalue weighted by Crippen LogP contribution is 2.21. The summed E-state index contributed by atoms with van der Waals surface area (Å²) in [5.41, 5.74) is 4.87. The molecule has 1 heterocycles. The first kappa shape index (κ1) is 24.4. The van der Waals surface area contributed by atoms with Gasteiger partial charge in [-0.1, -0.05) is 0 Å². The summed E-state index contributed by atoms with van der Waals surface area (Å²) in [5, 5.41) is 2.46. The van der Waals surface area contributed by atoms with E-state index in [2.05, 4.69) is 5.32 Å². The van der Waals surface area contributed by atoms with Gasteiger partial charge in [0.2, 0.25) is 0 Å². The van der Waals surface area contributed by atoms with Gasteiger partial charge in [-0.05, 0) is 59.4 Å². The van der Waals surface area contributed by atoms with Crippen LogP contribution in [0, 0.1) is 0 Å². The normalized spacial score (nSPS) is 15.4. The van der Waals surface area contributed by atoms with E-state index >= 15 is 0 Å². The van der Waals surface area contributed by atoms with E-state index in [1.807, 2.05) is 0 Å². The number of carbonyl (C=O) groups is 3. The van der Waals surface area contributed by atoms with Crippen LogP contribution in [0.15, 0.2) is 16.9 Å². The van der Waals surface area contributed by atoms with Gasteiger partial charge in [-0.25, -0.2) is 9.59 Å². The topological polar surface area (TPSA) is 139 Å². The number of pyridine rings is 1. The van der Waals surface area contributed by atoms with Gasteiger partial charge in [0, 0.05) is 6.07 Å². The summed E-state index contributed by atoms with van der Waals surface area (Å²) < 4.78 is 17.3. The van der Waals surface area contributed by atoms with Gasteiger partial charge in [-0.3, -0.25) is 14.2 Å². The smallest absolute Gasteiger partial charge is 0.408 e. The van der Waals surface area contributed by atoms with Gasteiger partial charge in [-0.2, -0.15) is 0 Å². The molecule has 10 heteroatoms. The number of nitrogens with zero attached hydrogens (tertiary/aromatic N) is 1. The Bertz CT molecular complexity index is 867. The molecular weight excluding hydrogens is 406 g/mol. The highest BCUT2D eigenvalue weighted by molar-refractivity contribution is 5.98. The van der Waals surface area contributed by atoms with E-state index in [-0.39, 0.29) is 36.6 Å². The Labute approximate surface area is 181 Å². The average molecular weight is 437 g/mol. The summed E-state index contributed by atoms with van der Waals surface area (Å²) in [6, 6.07) is 1.42. The number of hydrogen-bond donors (Lipinski definition) is 2. The van der Waals surface area contributed by atoms with Crippen LogP contribution in [0.5, 0.6) is 0 Å². The number of ether oxygens (including phenoxy) is 3. The molecule has 1 saturated carbocycles. The number of nitrogen functional groups attached to an aromatic ring is 1. The lowest BCUT2D eigenvalue weighted by Gasteiger charge is -2.24. The molecule has 0 aromatic carbocycles. The second kappa shape index (κ2) is 10.4. The molecule has 1 aromatic heterocycles. The van der Waals surface area contributed by atoms with Crippen LogP contribution >= 0.6 is 0 Å². The maximum Gasteiger partial charge on any atom is 0.408 e. The van der Waals surface area contributed by atoms with Gasteiger partial charge >= 0.3 is 12.1 Å². The van der Waals surface area contributed by atoms with Gasteiger partial charge < -0.3 is 25.3 Å². The zero-order valence-corrected chi connectivity index (χ0v) is 18.4. The maximum absolute atomic E-state index is 12.6. The molecule has 0 spiro atoms. The van der Waals surface area contributed by atoms with E-state index in [4.69, 9.17) is 19.9 Å². The van der Waals surface area contributed by atoms with Crippen LogP contribution in [0.3, 0.4) is 0 Å². The van der Waals surface area contributed by atoms with E-state index in [0.29, 0.717) is 0 Å². The predicted molar refractivity (Wildman–Crippen MR) is 113 cm³/mol. The number of rotatable bonds is 8. The highest BCUT2D eigenvalue weighted by atomic mass is 16.6. The molecule has 1 aliphatic rings. The standard InChI is InChI=1S/C21H31N3O7/c1-13(25)15-9-10-17(26)24(18(15)22)12-29-11-16(23-20(28)31-21(2,3)4)19(27)30-14-7-5-6-8-14/h9-10,14,16H,5-8,11-12,22H2,1-4H3,(H,23,28). The van der Waals surface area contributed by atoms with Crippen LogP contribution in [0.2, 0.25) is 0 Å². The molecule has 3 N–H and O–H groups in total. The predicted octanol–water partition coefficient (Wildman–Crippen LogP) is 1.99. The van der Waals surface area contributed by atoms with Crippen LogP contribution in [0.4, 0.5) is 10.6 Å². The zero-order chi connectivity index (χ0) is 23.2. The Hall–Kier alpha value is -2.88. The van der Waals surface area contributed by atoms with Crippen molar-refractivity contribution in [3.63, 3.8) is 0 Å². The molecule has 2 rings (SSSR count). The lowest BCUT2D eigenvalue weighted by atomic mass is 10.2. The number of anilines is 1. The van der Waals surface area contributed by atoms with E-state index in [9.17, 15) is 19.2 Å². The number of esters is 1. The van der Waals surface area contributed by atoms with Gasteiger partial charge in [0.15, 0.2) is 11.8 Å². The number of hydrogen-bond acceptors (Lipinski definition) is 8. The molecule has 1 amide bonds. The van der Waals surface area contributed by atoms with Crippen molar-refractivity contribution in [2.24, 2.45) is 0 Å². The SMILES string of the molecule is CC(=O)c1ccc(=O)n(COCC(NC(=O)OC(C)(C)C)C(=O)OC2CCCC2)c1N. The Morgan fingerprint density at radius 1 is 1.23 bits per heavy atom. The number of carbonyl (C=O) groups excluding carboxylic acids is 3. The van der Waals surface area contributed by atoms with Crippen molar-refractivity contribution in [1.29, 1.82) is 0 Å². The van der Waals surface area contributed by atoms with E-state index in [1.165, 1.54) is 19.1 Å². The van der Waals surface area contributed by atoms with Crippen LogP contribution < -0.4 is 16.6 Å². The van der Waals surface area contributed by atoms with Crippen molar-refractivity contribution < 1.29 is 28.6 Å². The number of Topliss-reactive ketones (excluding diaryl/α,β-unsaturated/α-hetero) is 1. The third kappa shape index (κ3) is 7.39. The number of aromatic nitrogens is 1. The van der Waals surface area contributed by atoms with Crippen LogP contribution in [-0.2, 0) is 25.7 Å². The summed E-state index contributed by atoms with van der Waals surface area (Å²) in [6.07, 6.45) is 2.52. The van der Waals surface area contributed by atoms with E-state index in [1.54, 1.807) is 20.8 Å². The van der Waals surface area contributed by atoms with E-state index in [0.717, 1.165) is 30.3 Å². The molecule has 0 aliphatic heterocycles. The third-order valence-electron chi connectivity index (χ3n) is 4.67. The van der Waals surface area contributed by atoms with Crippen molar-refractivity contribution in [3.8, 4) is 0 Å². The third-order valence-corrected chi connectivity index (χ3v) is 4.67. The quantitative estimate of drug-likeness (QED) is 0.465. The molecule has 0 saturated heterocycles. The molecule has 172 valence electrons. The molecule has 0 radical (unpaired) electrons. The number of ketones is 1. The second-order valence-corrected chi connectivity index (χ2v) is 8.50. The Morgan fingerprint density at radius 3 is 2.45 bits per heavy atom. The van der Waals surface area contributed by atoms with Crippen molar-refractivity contribution in [2.75, 3.05) is 12.3 Å². The fraction of sp³-hybridized carbons (Fsp3) is 0.619. The Morgan fingerprint density at radius 2 is 1.87 bits per heavy atom. The highest BCUT2D eigenvalue weighted by Gasteiger charge is 2.29. The molecule has 0 bridgehead atoms. The summed E-state index contributed by atoms with van der Waals surface area (Å²) in [6.45, 7) is 5.85. The molecule has 1 atom stereocenters. The number of alkyl carbamates (subject to hydrolysis) is 1. The average Bonchev–Trinajstić information content (AvgIpc) is 3.14. The van der Waals surface area contributed by atoms with Gasteiger partial charge in [0.05, 0.1) is 12.2 Å². The fourth-order valence-corrected chi connectivity index (χ4v) is 3.16. The van der Waals surface area contributed by atoms with Crippen LogP contribution in [0.25, 0.3) is 0 Å². The molecule has 1 unspecified atom stereocenters. The minimum atomic E-state index is -1.14.